The molecule has 4 aromatic carbocycles. The molecule has 1 saturated heterocycles. The molecule has 0 N–H and O–H groups in total. The number of aromatic nitrogens is 2. The van der Waals surface area contributed by atoms with Crippen LogP contribution in [0.2, 0.25) is 0 Å². The van der Waals surface area contributed by atoms with Crippen molar-refractivity contribution in [1.29, 1.82) is 0 Å². The Morgan fingerprint density at radius 2 is 1.36 bits per heavy atom. The summed E-state index contributed by atoms with van der Waals surface area (Å²) in [5.41, 5.74) is 6.06. The van der Waals surface area contributed by atoms with Gasteiger partial charge in [-0.05, 0) is 67.8 Å². The van der Waals surface area contributed by atoms with E-state index in [1.54, 1.807) is 6.07 Å². The van der Waals surface area contributed by atoms with Crippen molar-refractivity contribution < 1.29 is 19.1 Å². The van der Waals surface area contributed by atoms with Crippen LogP contribution in [0.15, 0.2) is 77.4 Å². The molecular weight excluding hydrogens is 672 g/mol. The van der Waals surface area contributed by atoms with Gasteiger partial charge in [-0.3, -0.25) is 19.8 Å². The van der Waals surface area contributed by atoms with Gasteiger partial charge in [-0.2, -0.15) is 0 Å². The van der Waals surface area contributed by atoms with Gasteiger partial charge in [0.25, 0.3) is 5.91 Å². The number of fused-ring (bicyclic) bond motifs is 7. The van der Waals surface area contributed by atoms with Crippen LogP contribution in [0.25, 0.3) is 11.0 Å². The molecule has 0 bridgehead atoms. The third-order valence-electron chi connectivity index (χ3n) is 11.3. The molecule has 8 rings (SSSR count). The van der Waals surface area contributed by atoms with Crippen LogP contribution in [-0.4, -0.2) is 96.4 Å². The summed E-state index contributed by atoms with van der Waals surface area (Å²) in [6.45, 7) is 16.1. The molecule has 0 radical (unpaired) electrons. The summed E-state index contributed by atoms with van der Waals surface area (Å²) in [6.07, 6.45) is 0. The van der Waals surface area contributed by atoms with Crippen LogP contribution in [0.5, 0.6) is 11.5 Å². The van der Waals surface area contributed by atoms with Crippen molar-refractivity contribution in [2.45, 2.75) is 33.2 Å². The molecule has 4 heterocycles. The fraction of sp³-hybridized carbons (Fsp3) is 0.375. The van der Waals surface area contributed by atoms with Crippen LogP contribution in [0.4, 0.5) is 22.7 Å². The molecule has 3 aliphatic heterocycles. The number of piperazine rings is 1. The highest BCUT2D eigenvalue weighted by molar-refractivity contribution is 6.02. The van der Waals surface area contributed by atoms with Gasteiger partial charge in [-0.15, -0.1) is 0 Å². The number of nitro groups is 1. The second kappa shape index (κ2) is 13.7. The van der Waals surface area contributed by atoms with Gasteiger partial charge in [0.05, 0.1) is 10.6 Å². The largest absolute Gasteiger partial charge is 0.456 e. The van der Waals surface area contributed by atoms with Crippen molar-refractivity contribution in [3.8, 4) is 11.5 Å². The van der Waals surface area contributed by atoms with Gasteiger partial charge >= 0.3 is 5.69 Å². The molecule has 1 amide bonds. The smallest absolute Gasteiger partial charge is 0.300 e. The highest BCUT2D eigenvalue weighted by atomic mass is 16.6. The lowest BCUT2D eigenvalue weighted by molar-refractivity contribution is -0.383. The van der Waals surface area contributed by atoms with Gasteiger partial charge in [-0.25, -0.2) is 4.63 Å². The molecular formula is C40H44N8O5. The summed E-state index contributed by atoms with van der Waals surface area (Å²) in [4.78, 5) is 37.0. The first-order valence-electron chi connectivity index (χ1n) is 18.6. The Hall–Kier alpha value is -5.69. The number of hydrogen-bond donors (Lipinski definition) is 0. The minimum Gasteiger partial charge on any atom is -0.456 e. The molecule has 53 heavy (non-hydrogen) atoms. The van der Waals surface area contributed by atoms with Gasteiger partial charge in [-0.1, -0.05) is 30.3 Å². The normalized spacial score (nSPS) is 16.0. The Morgan fingerprint density at radius 3 is 1.96 bits per heavy atom. The van der Waals surface area contributed by atoms with Crippen molar-refractivity contribution >= 4 is 39.7 Å². The third-order valence-corrected chi connectivity index (χ3v) is 11.3. The molecule has 274 valence electrons. The molecule has 0 unspecified atom stereocenters. The lowest BCUT2D eigenvalue weighted by atomic mass is 9.74. The summed E-state index contributed by atoms with van der Waals surface area (Å²) in [5, 5.41) is 19.4. The van der Waals surface area contributed by atoms with E-state index in [0.29, 0.717) is 37.3 Å². The van der Waals surface area contributed by atoms with Crippen LogP contribution in [0, 0.1) is 10.1 Å². The number of amides is 1. The summed E-state index contributed by atoms with van der Waals surface area (Å²) in [6, 6.07) is 24.1. The lowest BCUT2D eigenvalue weighted by Crippen LogP contribution is -2.52. The van der Waals surface area contributed by atoms with Gasteiger partial charge in [0, 0.05) is 112 Å². The van der Waals surface area contributed by atoms with Crippen LogP contribution >= 0.6 is 0 Å². The predicted octanol–water partition coefficient (Wildman–Crippen LogP) is 6.50. The van der Waals surface area contributed by atoms with E-state index < -0.39 is 10.5 Å². The van der Waals surface area contributed by atoms with Crippen molar-refractivity contribution in [3.63, 3.8) is 0 Å². The second-order valence-electron chi connectivity index (χ2n) is 13.7. The van der Waals surface area contributed by atoms with Gasteiger partial charge < -0.3 is 24.3 Å². The van der Waals surface area contributed by atoms with Crippen molar-refractivity contribution in [2.75, 3.05) is 80.1 Å². The van der Waals surface area contributed by atoms with Crippen molar-refractivity contribution in [2.24, 2.45) is 0 Å². The SMILES string of the molecule is CCN(CC)c1ccc2c(c1)Oc1cc(N(CC)CC)ccc1C21c2ccccc2C(=O)N1CCN1CCN(c2ccc([N+](=O)[O-])c3nonc23)CC1. The zero-order valence-corrected chi connectivity index (χ0v) is 30.6. The third kappa shape index (κ3) is 5.44. The van der Waals surface area contributed by atoms with Crippen LogP contribution in [0.3, 0.4) is 0 Å². The summed E-state index contributed by atoms with van der Waals surface area (Å²) >= 11 is 0. The van der Waals surface area contributed by atoms with Gasteiger partial charge in [0.15, 0.2) is 5.52 Å². The lowest BCUT2D eigenvalue weighted by Gasteiger charge is -2.45. The fourth-order valence-electron chi connectivity index (χ4n) is 8.60. The van der Waals surface area contributed by atoms with Gasteiger partial charge in [0.1, 0.15) is 17.0 Å². The second-order valence-corrected chi connectivity index (χ2v) is 13.7. The first kappa shape index (κ1) is 34.4. The standard InChI is InChI=1S/C40H44N8O5/c1-5-44(6-2)27-13-15-31-35(25-27)52-36-26-28(45(7-3)8-4)14-16-32(36)40(31)30-12-10-9-11-29(30)39(49)47(40)24-21-43-19-22-46(23-20-43)33-17-18-34(48(50)51)38-37(33)41-53-42-38/h9-18,25-26H,5-8,19-24H2,1-4H3. The molecule has 13 nitrogen and oxygen atoms in total. The van der Waals surface area contributed by atoms with E-state index in [2.05, 4.69) is 105 Å². The number of ether oxygens (including phenoxy) is 1. The number of hydrogen-bond acceptors (Lipinski definition) is 11. The van der Waals surface area contributed by atoms with E-state index in [-0.39, 0.29) is 17.1 Å². The number of rotatable bonds is 11. The van der Waals surface area contributed by atoms with Crippen molar-refractivity contribution in [1.82, 2.24) is 20.1 Å². The molecule has 0 aliphatic carbocycles. The maximum absolute atomic E-state index is 14.7. The first-order valence-corrected chi connectivity index (χ1v) is 18.6. The van der Waals surface area contributed by atoms with E-state index in [9.17, 15) is 14.9 Å². The average Bonchev–Trinajstić information content (AvgIpc) is 3.77. The maximum atomic E-state index is 14.7. The average molecular weight is 717 g/mol. The Balaban J connectivity index is 1.15. The topological polar surface area (TPSA) is 125 Å². The first-order chi connectivity index (χ1) is 25.8. The molecule has 13 heteroatoms. The molecule has 5 aromatic rings. The quantitative estimate of drug-likeness (QED) is 0.110. The van der Waals surface area contributed by atoms with E-state index >= 15 is 0 Å². The van der Waals surface area contributed by atoms with Crippen molar-refractivity contribution in [3.05, 3.63) is 105 Å². The highest BCUT2D eigenvalue weighted by Gasteiger charge is 2.56. The van der Waals surface area contributed by atoms with Crippen LogP contribution < -0.4 is 19.4 Å². The predicted molar refractivity (Wildman–Crippen MR) is 205 cm³/mol. The molecule has 1 fully saturated rings. The van der Waals surface area contributed by atoms with E-state index in [1.807, 2.05) is 18.2 Å². The summed E-state index contributed by atoms with van der Waals surface area (Å²) in [5.74, 6) is 1.53. The summed E-state index contributed by atoms with van der Waals surface area (Å²) in [7, 11) is 0. The maximum Gasteiger partial charge on any atom is 0.300 e. The number of carbonyl (C=O) groups excluding carboxylic acids is 1. The number of carbonyl (C=O) groups is 1. The highest BCUT2D eigenvalue weighted by Crippen LogP contribution is 2.58. The monoisotopic (exact) mass is 716 g/mol. The Bertz CT molecular complexity index is 2130. The summed E-state index contributed by atoms with van der Waals surface area (Å²) < 4.78 is 11.8. The Kier molecular flexibility index (Phi) is 8.89. The zero-order chi connectivity index (χ0) is 36.9. The minimum atomic E-state index is -0.883. The Labute approximate surface area is 308 Å². The van der Waals surface area contributed by atoms with E-state index in [0.717, 1.165) is 84.5 Å². The van der Waals surface area contributed by atoms with Crippen LogP contribution in [-0.2, 0) is 5.54 Å². The van der Waals surface area contributed by atoms with E-state index in [4.69, 9.17) is 9.37 Å². The number of anilines is 3. The molecule has 3 aliphatic rings. The van der Waals surface area contributed by atoms with Crippen LogP contribution in [0.1, 0.15) is 54.7 Å². The molecule has 1 spiro atoms. The number of benzene rings is 4. The molecule has 1 aromatic heterocycles. The Morgan fingerprint density at radius 1 is 0.755 bits per heavy atom. The van der Waals surface area contributed by atoms with E-state index in [1.165, 1.54) is 6.07 Å². The minimum absolute atomic E-state index is 0.00507. The number of non-ortho nitro benzene ring substituents is 1. The fourth-order valence-corrected chi connectivity index (χ4v) is 8.60. The molecule has 0 saturated carbocycles. The number of nitrogens with zero attached hydrogens (tertiary/aromatic N) is 8. The van der Waals surface area contributed by atoms with Gasteiger partial charge in [0.2, 0.25) is 5.52 Å². The molecule has 0 atom stereocenters. The zero-order valence-electron chi connectivity index (χ0n) is 30.6. The number of nitro benzene ring substituents is 1.